The van der Waals surface area contributed by atoms with Gasteiger partial charge in [-0.2, -0.15) is 0 Å². The van der Waals surface area contributed by atoms with Crippen LogP contribution in [0.2, 0.25) is 0 Å². The molecule has 0 saturated carbocycles. The summed E-state index contributed by atoms with van der Waals surface area (Å²) in [6, 6.07) is 14.5. The molecule has 1 heterocycles. The van der Waals surface area contributed by atoms with E-state index in [9.17, 15) is 9.59 Å². The van der Waals surface area contributed by atoms with Crippen molar-refractivity contribution in [3.05, 3.63) is 70.2 Å². The molecule has 0 spiro atoms. The fourth-order valence-electron chi connectivity index (χ4n) is 2.31. The summed E-state index contributed by atoms with van der Waals surface area (Å²) in [5.41, 5.74) is 2.69. The molecule has 0 saturated heterocycles. The van der Waals surface area contributed by atoms with Crippen LogP contribution in [0.1, 0.15) is 11.1 Å². The van der Waals surface area contributed by atoms with Gasteiger partial charge in [-0.3, -0.25) is 9.36 Å². The number of hydrogen-bond donors (Lipinski definition) is 1. The number of fused-ring (bicyclic) bond motifs is 1. The first-order valence-corrected chi connectivity index (χ1v) is 6.51. The summed E-state index contributed by atoms with van der Waals surface area (Å²) in [7, 11) is 0. The van der Waals surface area contributed by atoms with E-state index in [1.54, 1.807) is 18.2 Å². The van der Waals surface area contributed by atoms with Gasteiger partial charge in [0.2, 0.25) is 0 Å². The average Bonchev–Trinajstić information content (AvgIpc) is 2.76. The van der Waals surface area contributed by atoms with E-state index < -0.39 is 11.7 Å². The van der Waals surface area contributed by atoms with E-state index in [-0.39, 0.29) is 6.42 Å². The molecule has 3 rings (SSSR count). The zero-order valence-electron chi connectivity index (χ0n) is 11.2. The van der Waals surface area contributed by atoms with Gasteiger partial charge in [-0.25, -0.2) is 4.79 Å². The first kappa shape index (κ1) is 13.2. The van der Waals surface area contributed by atoms with Crippen molar-refractivity contribution >= 4 is 17.1 Å². The minimum atomic E-state index is -0.908. The maximum absolute atomic E-state index is 12.0. The van der Waals surface area contributed by atoms with Gasteiger partial charge in [0.05, 0.1) is 18.5 Å². The van der Waals surface area contributed by atoms with E-state index in [1.807, 2.05) is 30.3 Å². The summed E-state index contributed by atoms with van der Waals surface area (Å²) in [6.07, 6.45) is -0.0827. The van der Waals surface area contributed by atoms with Gasteiger partial charge in [0.1, 0.15) is 0 Å². The highest BCUT2D eigenvalue weighted by Gasteiger charge is 2.11. The zero-order chi connectivity index (χ0) is 14.8. The zero-order valence-corrected chi connectivity index (χ0v) is 11.2. The maximum Gasteiger partial charge on any atom is 0.420 e. The smallest absolute Gasteiger partial charge is 0.420 e. The quantitative estimate of drug-likeness (QED) is 0.797. The van der Waals surface area contributed by atoms with Crippen LogP contribution in [0, 0.1) is 0 Å². The normalized spacial score (nSPS) is 10.9. The monoisotopic (exact) mass is 283 g/mol. The Labute approximate surface area is 120 Å². The van der Waals surface area contributed by atoms with Crippen molar-refractivity contribution in [1.82, 2.24) is 4.57 Å². The number of aliphatic carboxylic acids is 1. The van der Waals surface area contributed by atoms with Crippen molar-refractivity contribution in [2.75, 3.05) is 0 Å². The Morgan fingerprint density at radius 2 is 1.86 bits per heavy atom. The van der Waals surface area contributed by atoms with Gasteiger partial charge in [-0.1, -0.05) is 36.4 Å². The van der Waals surface area contributed by atoms with E-state index in [0.29, 0.717) is 23.2 Å². The predicted molar refractivity (Wildman–Crippen MR) is 77.4 cm³/mol. The minimum Gasteiger partial charge on any atom is -0.481 e. The number of hydrogen-bond acceptors (Lipinski definition) is 3. The molecule has 0 fully saturated rings. The number of nitrogens with zero attached hydrogens (tertiary/aromatic N) is 1. The largest absolute Gasteiger partial charge is 0.481 e. The summed E-state index contributed by atoms with van der Waals surface area (Å²) in [5, 5.41) is 8.86. The molecule has 5 nitrogen and oxygen atoms in total. The summed E-state index contributed by atoms with van der Waals surface area (Å²) >= 11 is 0. The third kappa shape index (κ3) is 2.72. The van der Waals surface area contributed by atoms with E-state index >= 15 is 0 Å². The Bertz CT molecular complexity index is 846. The molecule has 0 bridgehead atoms. The van der Waals surface area contributed by atoms with Crippen LogP contribution < -0.4 is 5.76 Å². The van der Waals surface area contributed by atoms with Gasteiger partial charge >= 0.3 is 11.7 Å². The highest BCUT2D eigenvalue weighted by atomic mass is 16.4. The van der Waals surface area contributed by atoms with Gasteiger partial charge in [-0.05, 0) is 23.3 Å². The van der Waals surface area contributed by atoms with Gasteiger partial charge < -0.3 is 9.52 Å². The molecule has 0 amide bonds. The average molecular weight is 283 g/mol. The molecular formula is C16H13NO4. The fraction of sp³-hybridized carbons (Fsp3) is 0.125. The van der Waals surface area contributed by atoms with Crippen LogP contribution in [0.3, 0.4) is 0 Å². The highest BCUT2D eigenvalue weighted by Crippen LogP contribution is 2.17. The lowest BCUT2D eigenvalue weighted by Gasteiger charge is -2.03. The molecule has 0 radical (unpaired) electrons. The molecule has 3 aromatic rings. The van der Waals surface area contributed by atoms with Gasteiger partial charge in [-0.15, -0.1) is 0 Å². The topological polar surface area (TPSA) is 72.4 Å². The summed E-state index contributed by atoms with van der Waals surface area (Å²) in [6.45, 7) is 0.392. The number of carboxylic acids is 1. The first-order valence-electron chi connectivity index (χ1n) is 6.51. The first-order chi connectivity index (χ1) is 10.1. The second kappa shape index (κ2) is 5.28. The Hall–Kier alpha value is -2.82. The Morgan fingerprint density at radius 3 is 2.57 bits per heavy atom. The fourth-order valence-corrected chi connectivity index (χ4v) is 2.31. The molecular weight excluding hydrogens is 270 g/mol. The van der Waals surface area contributed by atoms with E-state index in [4.69, 9.17) is 9.52 Å². The second-order valence-corrected chi connectivity index (χ2v) is 4.81. The van der Waals surface area contributed by atoms with Crippen molar-refractivity contribution in [2.24, 2.45) is 0 Å². The number of carbonyl (C=O) groups is 1. The van der Waals surface area contributed by atoms with Crippen LogP contribution in [0.5, 0.6) is 0 Å². The van der Waals surface area contributed by atoms with E-state index in [2.05, 4.69) is 0 Å². The highest BCUT2D eigenvalue weighted by molar-refractivity contribution is 5.77. The number of benzene rings is 2. The molecule has 106 valence electrons. The molecule has 0 aliphatic rings. The van der Waals surface area contributed by atoms with Crippen molar-refractivity contribution < 1.29 is 14.3 Å². The molecule has 0 unspecified atom stereocenters. The Kier molecular flexibility index (Phi) is 3.31. The number of carboxylic acid groups (broad SMARTS) is 1. The summed E-state index contributed by atoms with van der Waals surface area (Å²) < 4.78 is 6.70. The lowest BCUT2D eigenvalue weighted by molar-refractivity contribution is -0.136. The number of rotatable bonds is 4. The molecule has 2 aromatic carbocycles. The Balaban J connectivity index is 2.06. The summed E-state index contributed by atoms with van der Waals surface area (Å²) in [5.74, 6) is -1.35. The van der Waals surface area contributed by atoms with Gasteiger partial charge in [0.25, 0.3) is 0 Å². The molecule has 1 aromatic heterocycles. The van der Waals surface area contributed by atoms with Crippen molar-refractivity contribution in [3.63, 3.8) is 0 Å². The number of aromatic nitrogens is 1. The maximum atomic E-state index is 12.0. The second-order valence-electron chi connectivity index (χ2n) is 4.81. The standard InChI is InChI=1S/C16H13NO4/c18-15(19)9-12-6-7-14-13(8-12)17(16(20)21-14)10-11-4-2-1-3-5-11/h1-8H,9-10H2,(H,18,19). The number of oxazole rings is 1. The minimum absolute atomic E-state index is 0.0827. The molecule has 5 heteroatoms. The van der Waals surface area contributed by atoms with Crippen LogP contribution >= 0.6 is 0 Å². The van der Waals surface area contributed by atoms with E-state index in [1.165, 1.54) is 4.57 Å². The van der Waals surface area contributed by atoms with Crippen LogP contribution in [0.25, 0.3) is 11.1 Å². The van der Waals surface area contributed by atoms with Crippen LogP contribution in [-0.4, -0.2) is 15.6 Å². The third-order valence-electron chi connectivity index (χ3n) is 3.27. The van der Waals surface area contributed by atoms with Crippen LogP contribution in [-0.2, 0) is 17.8 Å². The molecule has 0 aliphatic heterocycles. The van der Waals surface area contributed by atoms with Crippen LogP contribution in [0.15, 0.2) is 57.7 Å². The lowest BCUT2D eigenvalue weighted by atomic mass is 10.1. The van der Waals surface area contributed by atoms with Crippen LogP contribution in [0.4, 0.5) is 0 Å². The molecule has 0 atom stereocenters. The molecule has 0 aliphatic carbocycles. The molecule has 1 N–H and O–H groups in total. The van der Waals surface area contributed by atoms with Gasteiger partial charge in [0.15, 0.2) is 5.58 Å². The molecule has 21 heavy (non-hydrogen) atoms. The Morgan fingerprint density at radius 1 is 1.10 bits per heavy atom. The van der Waals surface area contributed by atoms with E-state index in [0.717, 1.165) is 5.56 Å². The van der Waals surface area contributed by atoms with Crippen molar-refractivity contribution in [3.8, 4) is 0 Å². The summed E-state index contributed by atoms with van der Waals surface area (Å²) in [4.78, 5) is 22.8. The SMILES string of the molecule is O=C(O)Cc1ccc2oc(=O)n(Cc3ccccc3)c2c1. The van der Waals surface area contributed by atoms with Gasteiger partial charge in [0, 0.05) is 0 Å². The predicted octanol–water partition coefficient (Wildman–Crippen LogP) is 2.27. The third-order valence-corrected chi connectivity index (χ3v) is 3.27. The van der Waals surface area contributed by atoms with Crippen molar-refractivity contribution in [1.29, 1.82) is 0 Å². The van der Waals surface area contributed by atoms with Crippen molar-refractivity contribution in [2.45, 2.75) is 13.0 Å². The lowest BCUT2D eigenvalue weighted by Crippen LogP contribution is -2.14.